The van der Waals surface area contributed by atoms with Crippen molar-refractivity contribution >= 4 is 11.6 Å². The third-order valence-corrected chi connectivity index (χ3v) is 3.98. The Bertz CT molecular complexity index is 397. The molecule has 106 valence electrons. The minimum atomic E-state index is 0.414. The van der Waals surface area contributed by atoms with Crippen LogP contribution in [0.3, 0.4) is 0 Å². The second-order valence-electron chi connectivity index (χ2n) is 5.77. The molecule has 0 saturated heterocycles. The smallest absolute Gasteiger partial charge is 0.134 e. The summed E-state index contributed by atoms with van der Waals surface area (Å²) in [6, 6.07) is 0. The highest BCUT2D eigenvalue weighted by Crippen LogP contribution is 2.29. The summed E-state index contributed by atoms with van der Waals surface area (Å²) in [7, 11) is 1.92. The number of anilines is 2. The molecular formula is C15H26N4. The standard InChI is InChI=1S/C15H26N4/c1-11(2)13-14(16-3)18-10-19-15(13)17-9-12-7-5-4-6-8-12/h10-12H,4-9H2,1-3H3,(H2,16,17,18,19). The molecule has 4 nitrogen and oxygen atoms in total. The lowest BCUT2D eigenvalue weighted by Crippen LogP contribution is -2.19. The Kier molecular flexibility index (Phi) is 5.00. The highest BCUT2D eigenvalue weighted by Gasteiger charge is 2.17. The van der Waals surface area contributed by atoms with Crippen LogP contribution in [0.1, 0.15) is 57.4 Å². The van der Waals surface area contributed by atoms with Gasteiger partial charge >= 0.3 is 0 Å². The van der Waals surface area contributed by atoms with Gasteiger partial charge in [0, 0.05) is 19.2 Å². The van der Waals surface area contributed by atoms with Gasteiger partial charge in [0.2, 0.25) is 0 Å². The van der Waals surface area contributed by atoms with Crippen molar-refractivity contribution in [3.63, 3.8) is 0 Å². The quantitative estimate of drug-likeness (QED) is 0.850. The lowest BCUT2D eigenvalue weighted by molar-refractivity contribution is 0.373. The fraction of sp³-hybridized carbons (Fsp3) is 0.733. The van der Waals surface area contributed by atoms with E-state index in [0.717, 1.165) is 24.1 Å². The Labute approximate surface area is 116 Å². The van der Waals surface area contributed by atoms with E-state index in [1.807, 2.05) is 7.05 Å². The van der Waals surface area contributed by atoms with Gasteiger partial charge in [0.25, 0.3) is 0 Å². The molecule has 1 aromatic rings. The molecule has 2 N–H and O–H groups in total. The van der Waals surface area contributed by atoms with Crippen molar-refractivity contribution in [1.29, 1.82) is 0 Å². The van der Waals surface area contributed by atoms with Gasteiger partial charge in [-0.15, -0.1) is 0 Å². The van der Waals surface area contributed by atoms with Gasteiger partial charge in [0.05, 0.1) is 0 Å². The van der Waals surface area contributed by atoms with Gasteiger partial charge in [-0.05, 0) is 24.7 Å². The zero-order valence-electron chi connectivity index (χ0n) is 12.4. The zero-order valence-corrected chi connectivity index (χ0v) is 12.4. The van der Waals surface area contributed by atoms with Gasteiger partial charge in [-0.3, -0.25) is 0 Å². The number of aromatic nitrogens is 2. The van der Waals surface area contributed by atoms with E-state index in [0.29, 0.717) is 5.92 Å². The van der Waals surface area contributed by atoms with Gasteiger partial charge in [0.1, 0.15) is 18.0 Å². The summed E-state index contributed by atoms with van der Waals surface area (Å²) in [5.41, 5.74) is 1.20. The molecule has 2 rings (SSSR count). The number of nitrogens with zero attached hydrogens (tertiary/aromatic N) is 2. The maximum atomic E-state index is 4.43. The van der Waals surface area contributed by atoms with Crippen molar-refractivity contribution in [1.82, 2.24) is 9.97 Å². The van der Waals surface area contributed by atoms with Crippen LogP contribution in [0.25, 0.3) is 0 Å². The van der Waals surface area contributed by atoms with Crippen molar-refractivity contribution < 1.29 is 0 Å². The van der Waals surface area contributed by atoms with Crippen molar-refractivity contribution in [3.05, 3.63) is 11.9 Å². The Balaban J connectivity index is 2.06. The first-order valence-electron chi connectivity index (χ1n) is 7.49. The number of rotatable bonds is 5. The minimum absolute atomic E-state index is 0.414. The van der Waals surface area contributed by atoms with Crippen LogP contribution in [0.4, 0.5) is 11.6 Å². The van der Waals surface area contributed by atoms with Crippen LogP contribution in [-0.2, 0) is 0 Å². The lowest BCUT2D eigenvalue weighted by Gasteiger charge is -2.23. The average Bonchev–Trinajstić information content (AvgIpc) is 2.45. The first-order valence-corrected chi connectivity index (χ1v) is 7.49. The maximum Gasteiger partial charge on any atom is 0.134 e. The van der Waals surface area contributed by atoms with E-state index < -0.39 is 0 Å². The van der Waals surface area contributed by atoms with Gasteiger partial charge in [-0.1, -0.05) is 33.1 Å². The average molecular weight is 262 g/mol. The maximum absolute atomic E-state index is 4.43. The molecule has 1 saturated carbocycles. The van der Waals surface area contributed by atoms with Crippen molar-refractivity contribution in [3.8, 4) is 0 Å². The van der Waals surface area contributed by atoms with E-state index >= 15 is 0 Å². The molecule has 1 aliphatic rings. The van der Waals surface area contributed by atoms with Gasteiger partial charge in [-0.2, -0.15) is 0 Å². The van der Waals surface area contributed by atoms with Gasteiger partial charge in [-0.25, -0.2) is 9.97 Å². The summed E-state index contributed by atoms with van der Waals surface area (Å²) in [4.78, 5) is 8.74. The monoisotopic (exact) mass is 262 g/mol. The molecule has 1 aromatic heterocycles. The third kappa shape index (κ3) is 3.58. The van der Waals surface area contributed by atoms with E-state index in [9.17, 15) is 0 Å². The summed E-state index contributed by atoms with van der Waals surface area (Å²) < 4.78 is 0. The van der Waals surface area contributed by atoms with Crippen molar-refractivity contribution in [2.24, 2.45) is 5.92 Å². The van der Waals surface area contributed by atoms with E-state index in [4.69, 9.17) is 0 Å². The molecule has 1 aliphatic carbocycles. The molecule has 1 fully saturated rings. The second-order valence-corrected chi connectivity index (χ2v) is 5.77. The Morgan fingerprint density at radius 2 is 1.84 bits per heavy atom. The SMILES string of the molecule is CNc1ncnc(NCC2CCCCC2)c1C(C)C. The molecule has 0 aliphatic heterocycles. The zero-order chi connectivity index (χ0) is 13.7. The van der Waals surface area contributed by atoms with Crippen LogP contribution in [0.15, 0.2) is 6.33 Å². The Hall–Kier alpha value is -1.32. The number of nitrogens with one attached hydrogen (secondary N) is 2. The topological polar surface area (TPSA) is 49.8 Å². The first-order chi connectivity index (χ1) is 9.22. The molecule has 0 amide bonds. The van der Waals surface area contributed by atoms with Gasteiger partial charge in [0.15, 0.2) is 0 Å². The number of hydrogen-bond donors (Lipinski definition) is 2. The highest BCUT2D eigenvalue weighted by atomic mass is 15.1. The molecule has 0 bridgehead atoms. The predicted molar refractivity (Wildman–Crippen MR) is 80.7 cm³/mol. The molecule has 0 unspecified atom stereocenters. The molecule has 0 aromatic carbocycles. The molecule has 19 heavy (non-hydrogen) atoms. The van der Waals surface area contributed by atoms with Crippen LogP contribution in [0.5, 0.6) is 0 Å². The number of hydrogen-bond acceptors (Lipinski definition) is 4. The van der Waals surface area contributed by atoms with E-state index in [1.54, 1.807) is 6.33 Å². The normalized spacial score (nSPS) is 16.6. The Morgan fingerprint density at radius 1 is 1.16 bits per heavy atom. The fourth-order valence-electron chi connectivity index (χ4n) is 2.91. The highest BCUT2D eigenvalue weighted by molar-refractivity contribution is 5.58. The van der Waals surface area contributed by atoms with Crippen molar-refractivity contribution in [2.45, 2.75) is 51.9 Å². The molecule has 0 radical (unpaired) electrons. The van der Waals surface area contributed by atoms with Crippen LogP contribution in [-0.4, -0.2) is 23.6 Å². The third-order valence-electron chi connectivity index (χ3n) is 3.98. The van der Waals surface area contributed by atoms with Crippen LogP contribution in [0.2, 0.25) is 0 Å². The van der Waals surface area contributed by atoms with Crippen LogP contribution in [0, 0.1) is 5.92 Å². The molecule has 4 heteroatoms. The first kappa shape index (κ1) is 14.1. The molecular weight excluding hydrogens is 236 g/mol. The summed E-state index contributed by atoms with van der Waals surface area (Å²) in [6.07, 6.45) is 8.53. The second kappa shape index (κ2) is 6.73. The largest absolute Gasteiger partial charge is 0.373 e. The van der Waals surface area contributed by atoms with Gasteiger partial charge < -0.3 is 10.6 Å². The molecule has 0 spiro atoms. The predicted octanol–water partition coefficient (Wildman–Crippen LogP) is 3.63. The lowest BCUT2D eigenvalue weighted by atomic mass is 9.89. The summed E-state index contributed by atoms with van der Waals surface area (Å²) in [5.74, 6) is 3.16. The summed E-state index contributed by atoms with van der Waals surface area (Å²) in [5, 5.41) is 6.71. The summed E-state index contributed by atoms with van der Waals surface area (Å²) in [6.45, 7) is 5.41. The molecule has 1 heterocycles. The summed E-state index contributed by atoms with van der Waals surface area (Å²) >= 11 is 0. The van der Waals surface area contributed by atoms with Crippen LogP contribution >= 0.6 is 0 Å². The van der Waals surface area contributed by atoms with E-state index in [1.165, 1.54) is 37.7 Å². The molecule has 0 atom stereocenters. The Morgan fingerprint density at radius 3 is 2.47 bits per heavy atom. The van der Waals surface area contributed by atoms with Crippen LogP contribution < -0.4 is 10.6 Å². The minimum Gasteiger partial charge on any atom is -0.373 e. The van der Waals surface area contributed by atoms with E-state index in [-0.39, 0.29) is 0 Å². The fourth-order valence-corrected chi connectivity index (χ4v) is 2.91. The van der Waals surface area contributed by atoms with Crippen molar-refractivity contribution in [2.75, 3.05) is 24.2 Å². The van der Waals surface area contributed by atoms with E-state index in [2.05, 4.69) is 34.4 Å².